The number of hydrogen-bond acceptors (Lipinski definition) is 2. The molecule has 1 fully saturated rings. The molecular weight excluding hydrogens is 234 g/mol. The molecule has 0 amide bonds. The van der Waals surface area contributed by atoms with Crippen molar-refractivity contribution in [2.75, 3.05) is 26.3 Å². The minimum absolute atomic E-state index is 0.294. The van der Waals surface area contributed by atoms with Crippen LogP contribution in [0, 0.1) is 18.3 Å². The van der Waals surface area contributed by atoms with Crippen molar-refractivity contribution >= 4 is 0 Å². The molecule has 0 bridgehead atoms. The molecule has 1 unspecified atom stereocenters. The minimum atomic E-state index is 0.294. The molecule has 1 aromatic rings. The van der Waals surface area contributed by atoms with Crippen molar-refractivity contribution in [3.05, 3.63) is 35.4 Å². The molecule has 2 rings (SSSR count). The summed E-state index contributed by atoms with van der Waals surface area (Å²) in [6, 6.07) is 8.88. The van der Waals surface area contributed by atoms with E-state index < -0.39 is 0 Å². The number of benzene rings is 1. The fraction of sp³-hybridized carbons (Fsp3) is 0.647. The average molecular weight is 261 g/mol. The van der Waals surface area contributed by atoms with Crippen LogP contribution in [-0.4, -0.2) is 26.3 Å². The molecule has 1 saturated heterocycles. The second kappa shape index (κ2) is 6.53. The second-order valence-corrected chi connectivity index (χ2v) is 6.49. The molecule has 1 N–H and O–H groups in total. The van der Waals surface area contributed by atoms with Gasteiger partial charge in [0.15, 0.2) is 0 Å². The van der Waals surface area contributed by atoms with Crippen molar-refractivity contribution in [1.82, 2.24) is 5.32 Å². The Morgan fingerprint density at radius 2 is 2.21 bits per heavy atom. The molecule has 1 aliphatic rings. The summed E-state index contributed by atoms with van der Waals surface area (Å²) in [7, 11) is 0. The number of rotatable bonds is 6. The fourth-order valence-corrected chi connectivity index (χ4v) is 2.87. The largest absolute Gasteiger partial charge is 0.381 e. The van der Waals surface area contributed by atoms with Gasteiger partial charge in [-0.25, -0.2) is 0 Å². The summed E-state index contributed by atoms with van der Waals surface area (Å²) < 4.78 is 5.68. The summed E-state index contributed by atoms with van der Waals surface area (Å²) in [4.78, 5) is 0. The van der Waals surface area contributed by atoms with Gasteiger partial charge < -0.3 is 10.1 Å². The molecule has 1 heterocycles. The fourth-order valence-electron chi connectivity index (χ4n) is 2.87. The Hall–Kier alpha value is -0.860. The lowest BCUT2D eigenvalue weighted by molar-refractivity contribution is 0.148. The first-order valence-electron chi connectivity index (χ1n) is 7.44. The molecule has 1 aliphatic heterocycles. The van der Waals surface area contributed by atoms with Crippen LogP contribution >= 0.6 is 0 Å². The topological polar surface area (TPSA) is 21.3 Å². The number of ether oxygens (including phenoxy) is 1. The van der Waals surface area contributed by atoms with Crippen LogP contribution in [0.4, 0.5) is 0 Å². The Balaban J connectivity index is 1.99. The number of aryl methyl sites for hydroxylation is 1. The zero-order valence-electron chi connectivity index (χ0n) is 12.5. The van der Waals surface area contributed by atoms with Crippen molar-refractivity contribution in [1.29, 1.82) is 0 Å². The van der Waals surface area contributed by atoms with E-state index in [2.05, 4.69) is 50.4 Å². The van der Waals surface area contributed by atoms with Gasteiger partial charge in [-0.2, -0.15) is 0 Å². The smallest absolute Gasteiger partial charge is 0.0538 e. The van der Waals surface area contributed by atoms with Gasteiger partial charge in [-0.1, -0.05) is 43.7 Å². The standard InChI is InChI=1S/C17H27NO/c1-14(2)11-18-12-17(7-8-19-13-17)10-16-6-4-5-15(3)9-16/h4-6,9,14,18H,7-8,10-13H2,1-3H3. The van der Waals surface area contributed by atoms with E-state index in [9.17, 15) is 0 Å². The molecular formula is C17H27NO. The highest BCUT2D eigenvalue weighted by atomic mass is 16.5. The van der Waals surface area contributed by atoms with E-state index in [1.165, 1.54) is 17.5 Å². The Morgan fingerprint density at radius 1 is 1.37 bits per heavy atom. The molecule has 0 saturated carbocycles. The highest BCUT2D eigenvalue weighted by Crippen LogP contribution is 2.32. The second-order valence-electron chi connectivity index (χ2n) is 6.49. The van der Waals surface area contributed by atoms with Crippen molar-refractivity contribution in [3.63, 3.8) is 0 Å². The Morgan fingerprint density at radius 3 is 2.84 bits per heavy atom. The highest BCUT2D eigenvalue weighted by molar-refractivity contribution is 5.23. The molecule has 0 radical (unpaired) electrons. The molecule has 1 atom stereocenters. The molecule has 0 aromatic heterocycles. The average Bonchev–Trinajstić information content (AvgIpc) is 2.77. The van der Waals surface area contributed by atoms with Gasteiger partial charge in [0.1, 0.15) is 0 Å². The lowest BCUT2D eigenvalue weighted by atomic mass is 9.80. The minimum Gasteiger partial charge on any atom is -0.381 e. The van der Waals surface area contributed by atoms with E-state index in [1.807, 2.05) is 0 Å². The van der Waals surface area contributed by atoms with Crippen LogP contribution < -0.4 is 5.32 Å². The van der Waals surface area contributed by atoms with Crippen molar-refractivity contribution in [2.45, 2.75) is 33.6 Å². The van der Waals surface area contributed by atoms with E-state index in [0.717, 1.165) is 32.7 Å². The molecule has 106 valence electrons. The summed E-state index contributed by atoms with van der Waals surface area (Å²) in [6.45, 7) is 10.6. The summed E-state index contributed by atoms with van der Waals surface area (Å²) in [5.74, 6) is 0.707. The Bertz CT molecular complexity index is 394. The monoisotopic (exact) mass is 261 g/mol. The third-order valence-electron chi connectivity index (χ3n) is 3.90. The highest BCUT2D eigenvalue weighted by Gasteiger charge is 2.34. The van der Waals surface area contributed by atoms with E-state index in [-0.39, 0.29) is 0 Å². The summed E-state index contributed by atoms with van der Waals surface area (Å²) in [6.07, 6.45) is 2.30. The first kappa shape index (κ1) is 14.5. The van der Waals surface area contributed by atoms with Crippen LogP contribution in [0.5, 0.6) is 0 Å². The van der Waals surface area contributed by atoms with Crippen molar-refractivity contribution in [2.24, 2.45) is 11.3 Å². The maximum Gasteiger partial charge on any atom is 0.0538 e. The normalized spacial score (nSPS) is 23.2. The van der Waals surface area contributed by atoms with Gasteiger partial charge in [0.2, 0.25) is 0 Å². The molecule has 2 nitrogen and oxygen atoms in total. The summed E-state index contributed by atoms with van der Waals surface area (Å²) in [5, 5.41) is 3.62. The predicted octanol–water partition coefficient (Wildman–Crippen LogP) is 3.19. The third-order valence-corrected chi connectivity index (χ3v) is 3.90. The SMILES string of the molecule is Cc1cccc(CC2(CNCC(C)C)CCOC2)c1. The van der Waals surface area contributed by atoms with Crippen molar-refractivity contribution < 1.29 is 4.74 Å². The van der Waals surface area contributed by atoms with Gasteiger partial charge in [-0.15, -0.1) is 0 Å². The first-order chi connectivity index (χ1) is 9.10. The summed E-state index contributed by atoms with van der Waals surface area (Å²) in [5.41, 5.74) is 3.08. The van der Waals surface area contributed by atoms with Gasteiger partial charge in [0.05, 0.1) is 6.61 Å². The lowest BCUT2D eigenvalue weighted by Gasteiger charge is -2.28. The van der Waals surface area contributed by atoms with Crippen LogP contribution in [-0.2, 0) is 11.2 Å². The van der Waals surface area contributed by atoms with Gasteiger partial charge >= 0.3 is 0 Å². The lowest BCUT2D eigenvalue weighted by Crippen LogP contribution is -2.38. The van der Waals surface area contributed by atoms with Crippen LogP contribution in [0.15, 0.2) is 24.3 Å². The summed E-state index contributed by atoms with van der Waals surface area (Å²) >= 11 is 0. The van der Waals surface area contributed by atoms with Crippen molar-refractivity contribution in [3.8, 4) is 0 Å². The molecule has 19 heavy (non-hydrogen) atoms. The Labute approximate surface area is 117 Å². The van der Waals surface area contributed by atoms with Gasteiger partial charge in [0, 0.05) is 18.6 Å². The molecule has 0 spiro atoms. The molecule has 0 aliphatic carbocycles. The molecule has 1 aromatic carbocycles. The quantitative estimate of drug-likeness (QED) is 0.849. The van der Waals surface area contributed by atoms with Crippen LogP contribution in [0.1, 0.15) is 31.4 Å². The van der Waals surface area contributed by atoms with Gasteiger partial charge in [-0.3, -0.25) is 0 Å². The number of hydrogen-bond donors (Lipinski definition) is 1. The van der Waals surface area contributed by atoms with Crippen LogP contribution in [0.25, 0.3) is 0 Å². The predicted molar refractivity (Wildman–Crippen MR) is 80.5 cm³/mol. The third kappa shape index (κ3) is 4.32. The maximum atomic E-state index is 5.68. The zero-order chi connectivity index (χ0) is 13.7. The molecule has 2 heteroatoms. The first-order valence-corrected chi connectivity index (χ1v) is 7.44. The van der Waals surface area contributed by atoms with E-state index >= 15 is 0 Å². The zero-order valence-corrected chi connectivity index (χ0v) is 12.5. The van der Waals surface area contributed by atoms with Crippen LogP contribution in [0.2, 0.25) is 0 Å². The van der Waals surface area contributed by atoms with Gasteiger partial charge in [-0.05, 0) is 37.8 Å². The Kier molecular flexibility index (Phi) is 5.00. The van der Waals surface area contributed by atoms with Crippen LogP contribution in [0.3, 0.4) is 0 Å². The van der Waals surface area contributed by atoms with E-state index in [0.29, 0.717) is 11.3 Å². The van der Waals surface area contributed by atoms with E-state index in [4.69, 9.17) is 4.74 Å². The maximum absolute atomic E-state index is 5.68. The number of nitrogens with one attached hydrogen (secondary N) is 1. The van der Waals surface area contributed by atoms with E-state index in [1.54, 1.807) is 0 Å². The van der Waals surface area contributed by atoms with Gasteiger partial charge in [0.25, 0.3) is 0 Å².